The summed E-state index contributed by atoms with van der Waals surface area (Å²) < 4.78 is 29.1. The molecule has 8 heteroatoms. The molecule has 1 atom stereocenters. The van der Waals surface area contributed by atoms with Crippen LogP contribution < -0.4 is 4.74 Å². The Kier molecular flexibility index (Phi) is 7.25. The normalized spacial score (nSPS) is 15.0. The zero-order valence-corrected chi connectivity index (χ0v) is 21.8. The third kappa shape index (κ3) is 5.58. The molecule has 1 fully saturated rings. The number of nitrogens with zero attached hydrogens (tertiary/aromatic N) is 3. The van der Waals surface area contributed by atoms with E-state index in [1.807, 2.05) is 53.1 Å². The van der Waals surface area contributed by atoms with E-state index in [9.17, 15) is 9.90 Å². The average molecular weight is 538 g/mol. The lowest BCUT2D eigenvalue weighted by Crippen LogP contribution is -2.17. The van der Waals surface area contributed by atoms with Crippen molar-refractivity contribution in [2.75, 3.05) is 6.61 Å². The lowest BCUT2D eigenvalue weighted by atomic mass is 10.1. The first kappa shape index (κ1) is 25.7. The summed E-state index contributed by atoms with van der Waals surface area (Å²) in [5.41, 5.74) is 4.35. The fourth-order valence-electron chi connectivity index (χ4n) is 5.04. The van der Waals surface area contributed by atoms with Gasteiger partial charge in [-0.2, -0.15) is 0 Å². The molecule has 2 aromatic heterocycles. The Morgan fingerprint density at radius 3 is 2.67 bits per heavy atom. The summed E-state index contributed by atoms with van der Waals surface area (Å²) in [4.78, 5) is 20.9. The largest absolute Gasteiger partial charge is 0.478 e. The number of imidazole rings is 1. The molecule has 0 saturated carbocycles. The molecule has 7 nitrogen and oxygen atoms in total. The number of aromatic carboxylic acids is 1. The average Bonchev–Trinajstić information content (AvgIpc) is 3.61. The van der Waals surface area contributed by atoms with E-state index < -0.39 is 5.97 Å². The van der Waals surface area contributed by atoms with Crippen LogP contribution in [0.25, 0.3) is 22.3 Å². The van der Waals surface area contributed by atoms with Gasteiger partial charge in [0.25, 0.3) is 0 Å². The third-order valence-corrected chi connectivity index (χ3v) is 7.13. The highest BCUT2D eigenvalue weighted by atomic mass is 19.1. The molecule has 1 N–H and O–H groups in total. The first-order valence-corrected chi connectivity index (χ1v) is 13.3. The Bertz CT molecular complexity index is 1660. The van der Waals surface area contributed by atoms with Gasteiger partial charge in [-0.25, -0.2) is 19.2 Å². The highest BCUT2D eigenvalue weighted by Gasteiger charge is 2.21. The predicted molar refractivity (Wildman–Crippen MR) is 149 cm³/mol. The van der Waals surface area contributed by atoms with Gasteiger partial charge in [0.05, 0.1) is 34.9 Å². The number of halogens is 1. The van der Waals surface area contributed by atoms with E-state index in [0.29, 0.717) is 59.3 Å². The Labute approximate surface area is 230 Å². The maximum atomic E-state index is 15.5. The molecule has 3 heterocycles. The molecule has 6 rings (SSSR count). The van der Waals surface area contributed by atoms with Crippen molar-refractivity contribution in [1.82, 2.24) is 14.5 Å². The number of carbonyl (C=O) groups is 1. The van der Waals surface area contributed by atoms with Crippen LogP contribution in [0.2, 0.25) is 0 Å². The first-order valence-electron chi connectivity index (χ1n) is 13.3. The highest BCUT2D eigenvalue weighted by molar-refractivity contribution is 5.92. The Morgan fingerprint density at radius 1 is 1.02 bits per heavy atom. The maximum Gasteiger partial charge on any atom is 0.335 e. The number of aromatic nitrogens is 3. The summed E-state index contributed by atoms with van der Waals surface area (Å²) in [7, 11) is 0. The first-order chi connectivity index (χ1) is 19.5. The van der Waals surface area contributed by atoms with Gasteiger partial charge in [-0.3, -0.25) is 0 Å². The molecule has 40 heavy (non-hydrogen) atoms. The number of ether oxygens (including phenoxy) is 2. The standard InChI is InChI=1S/C32H28FN3O4/c33-26-16-23(27-9-4-10-31(35-27)40-20-21-6-2-1-3-7-21)12-11-22(26)18-30-34-28-14-13-24(32(37)38)17-29(28)36(30)19-25-8-5-15-39-25/h1-4,6-7,9-14,16-17,25H,5,8,15,18-20H2,(H,37,38). The van der Waals surface area contributed by atoms with Crippen LogP contribution in [-0.4, -0.2) is 38.3 Å². The van der Waals surface area contributed by atoms with Crippen molar-refractivity contribution >= 4 is 17.0 Å². The van der Waals surface area contributed by atoms with Crippen molar-refractivity contribution in [2.24, 2.45) is 0 Å². The maximum absolute atomic E-state index is 15.5. The number of rotatable bonds is 9. The van der Waals surface area contributed by atoms with Crippen LogP contribution in [0.1, 0.15) is 40.2 Å². The van der Waals surface area contributed by atoms with Crippen molar-refractivity contribution in [3.63, 3.8) is 0 Å². The van der Waals surface area contributed by atoms with E-state index in [1.165, 1.54) is 12.1 Å². The molecule has 0 aliphatic carbocycles. The van der Waals surface area contributed by atoms with Crippen molar-refractivity contribution < 1.29 is 23.8 Å². The number of hydrogen-bond acceptors (Lipinski definition) is 5. The van der Waals surface area contributed by atoms with E-state index in [1.54, 1.807) is 24.3 Å². The fourth-order valence-corrected chi connectivity index (χ4v) is 5.04. The van der Waals surface area contributed by atoms with Crippen molar-refractivity contribution in [1.29, 1.82) is 0 Å². The number of benzene rings is 3. The third-order valence-electron chi connectivity index (χ3n) is 7.13. The second kappa shape index (κ2) is 11.3. The number of carboxylic acids is 1. The lowest BCUT2D eigenvalue weighted by molar-refractivity contribution is 0.0697. The monoisotopic (exact) mass is 537 g/mol. The van der Waals surface area contributed by atoms with Gasteiger partial charge < -0.3 is 19.1 Å². The Morgan fingerprint density at radius 2 is 1.90 bits per heavy atom. The molecule has 1 saturated heterocycles. The molecule has 0 spiro atoms. The van der Waals surface area contributed by atoms with Gasteiger partial charge in [0, 0.05) is 24.7 Å². The van der Waals surface area contributed by atoms with Crippen LogP contribution in [0.15, 0.2) is 84.9 Å². The Balaban J connectivity index is 1.25. The number of hydrogen-bond donors (Lipinski definition) is 1. The predicted octanol–water partition coefficient (Wildman–Crippen LogP) is 6.28. The summed E-state index contributed by atoms with van der Waals surface area (Å²) in [6.07, 6.45) is 2.17. The highest BCUT2D eigenvalue weighted by Crippen LogP contribution is 2.27. The minimum absolute atomic E-state index is 0.0133. The van der Waals surface area contributed by atoms with Crippen LogP contribution in [0, 0.1) is 5.82 Å². The van der Waals surface area contributed by atoms with Gasteiger partial charge in [-0.1, -0.05) is 48.5 Å². The fraction of sp³-hybridized carbons (Fsp3) is 0.219. The van der Waals surface area contributed by atoms with E-state index in [2.05, 4.69) is 4.98 Å². The number of fused-ring (bicyclic) bond motifs is 1. The number of pyridine rings is 1. The van der Waals surface area contributed by atoms with Gasteiger partial charge in [0.2, 0.25) is 5.88 Å². The zero-order valence-electron chi connectivity index (χ0n) is 21.8. The summed E-state index contributed by atoms with van der Waals surface area (Å²) in [6.45, 7) is 1.63. The molecule has 202 valence electrons. The molecule has 1 aliphatic rings. The molecular formula is C32H28FN3O4. The van der Waals surface area contributed by atoms with Crippen LogP contribution in [0.3, 0.4) is 0 Å². The molecule has 1 aliphatic heterocycles. The quantitative estimate of drug-likeness (QED) is 0.238. The van der Waals surface area contributed by atoms with Crippen LogP contribution in [0.5, 0.6) is 5.88 Å². The topological polar surface area (TPSA) is 86.5 Å². The second-order valence-corrected chi connectivity index (χ2v) is 9.90. The summed E-state index contributed by atoms with van der Waals surface area (Å²) >= 11 is 0. The minimum Gasteiger partial charge on any atom is -0.478 e. The van der Waals surface area contributed by atoms with E-state index in [-0.39, 0.29) is 23.9 Å². The van der Waals surface area contributed by atoms with Crippen LogP contribution in [-0.2, 0) is 24.3 Å². The zero-order chi connectivity index (χ0) is 27.5. The molecular weight excluding hydrogens is 509 g/mol. The van der Waals surface area contributed by atoms with E-state index >= 15 is 4.39 Å². The van der Waals surface area contributed by atoms with Crippen LogP contribution in [0.4, 0.5) is 4.39 Å². The van der Waals surface area contributed by atoms with Crippen molar-refractivity contribution in [2.45, 2.75) is 38.5 Å². The van der Waals surface area contributed by atoms with Gasteiger partial charge in [-0.15, -0.1) is 0 Å². The van der Waals surface area contributed by atoms with Crippen molar-refractivity contribution in [3.05, 3.63) is 113 Å². The molecule has 3 aromatic carbocycles. The van der Waals surface area contributed by atoms with E-state index in [0.717, 1.165) is 18.4 Å². The lowest BCUT2D eigenvalue weighted by Gasteiger charge is -2.15. The summed E-state index contributed by atoms with van der Waals surface area (Å²) in [6, 6.07) is 25.2. The molecule has 5 aromatic rings. The van der Waals surface area contributed by atoms with Gasteiger partial charge in [-0.05, 0) is 54.3 Å². The minimum atomic E-state index is -1.00. The summed E-state index contributed by atoms with van der Waals surface area (Å²) in [5, 5.41) is 9.50. The van der Waals surface area contributed by atoms with Crippen LogP contribution >= 0.6 is 0 Å². The second-order valence-electron chi connectivity index (χ2n) is 9.90. The molecule has 0 radical (unpaired) electrons. The SMILES string of the molecule is O=C(O)c1ccc2nc(Cc3ccc(-c4cccc(OCc5ccccc5)n4)cc3F)n(CC3CCCO3)c2c1. The number of carboxylic acid groups (broad SMARTS) is 1. The molecule has 1 unspecified atom stereocenters. The van der Waals surface area contributed by atoms with Gasteiger partial charge in [0.1, 0.15) is 18.2 Å². The molecule has 0 bridgehead atoms. The van der Waals surface area contributed by atoms with Gasteiger partial charge >= 0.3 is 5.97 Å². The smallest absolute Gasteiger partial charge is 0.335 e. The summed E-state index contributed by atoms with van der Waals surface area (Å²) in [5.74, 6) is -0.238. The van der Waals surface area contributed by atoms with Crippen molar-refractivity contribution in [3.8, 4) is 17.1 Å². The molecule has 0 amide bonds. The van der Waals surface area contributed by atoms with Gasteiger partial charge in [0.15, 0.2) is 0 Å². The van der Waals surface area contributed by atoms with E-state index in [4.69, 9.17) is 14.5 Å². The Hall–Kier alpha value is -4.56.